The molecule has 1 heterocycles. The average molecular weight is 234 g/mol. The molecule has 1 aromatic rings. The second kappa shape index (κ2) is 5.09. The maximum Gasteiger partial charge on any atom is 0.408 e. The van der Waals surface area contributed by atoms with Crippen LogP contribution in [0.25, 0.3) is 0 Å². The van der Waals surface area contributed by atoms with E-state index in [4.69, 9.17) is 16.3 Å². The van der Waals surface area contributed by atoms with Crippen molar-refractivity contribution in [3.63, 3.8) is 0 Å². The maximum absolute atomic E-state index is 10.5. The third kappa shape index (κ3) is 2.90. The topological polar surface area (TPSA) is 70.2 Å². The van der Waals surface area contributed by atoms with E-state index in [0.717, 1.165) is 6.42 Å². The van der Waals surface area contributed by atoms with Gasteiger partial charge in [0, 0.05) is 13.7 Å². The van der Waals surface area contributed by atoms with Gasteiger partial charge in [0.2, 0.25) is 0 Å². The van der Waals surface area contributed by atoms with Crippen molar-refractivity contribution in [2.24, 2.45) is 0 Å². The van der Waals surface area contributed by atoms with Crippen molar-refractivity contribution in [3.05, 3.63) is 21.3 Å². The summed E-state index contributed by atoms with van der Waals surface area (Å²) in [5.74, 6) is -0.305. The predicted molar refractivity (Wildman–Crippen MR) is 55.1 cm³/mol. The van der Waals surface area contributed by atoms with Crippen LogP contribution in [0.1, 0.15) is 19.4 Å². The van der Waals surface area contributed by atoms with Gasteiger partial charge in [0.1, 0.15) is 0 Å². The summed E-state index contributed by atoms with van der Waals surface area (Å²) in [5.41, 5.74) is 0. The summed E-state index contributed by atoms with van der Waals surface area (Å²) in [6, 6.07) is 0.0242. The molecule has 0 aromatic carbocycles. The van der Waals surface area contributed by atoms with Crippen LogP contribution in [-0.2, 0) is 4.74 Å². The zero-order valence-corrected chi connectivity index (χ0v) is 9.27. The molecule has 0 radical (unpaired) electrons. The van der Waals surface area contributed by atoms with Crippen molar-refractivity contribution in [1.82, 2.24) is 9.78 Å². The van der Waals surface area contributed by atoms with E-state index in [1.165, 1.54) is 10.9 Å². The van der Waals surface area contributed by atoms with E-state index in [1.54, 1.807) is 7.11 Å². The number of ether oxygens (including phenoxy) is 1. The highest BCUT2D eigenvalue weighted by atomic mass is 35.5. The standard InChI is InChI=1S/C8H12ClN3O3/c1-6(3-4-15-2)11-5-7(9)8(10-11)12(13)14/h5-6H,3-4H2,1-2H3. The number of hydrogen-bond donors (Lipinski definition) is 0. The number of aromatic nitrogens is 2. The lowest BCUT2D eigenvalue weighted by molar-refractivity contribution is -0.389. The lowest BCUT2D eigenvalue weighted by Crippen LogP contribution is -2.08. The highest BCUT2D eigenvalue weighted by molar-refractivity contribution is 6.32. The molecule has 0 aliphatic carbocycles. The van der Waals surface area contributed by atoms with Crippen LogP contribution in [0.4, 0.5) is 5.82 Å². The fourth-order valence-corrected chi connectivity index (χ4v) is 1.34. The number of halogens is 1. The number of nitro groups is 1. The molecule has 0 aliphatic heterocycles. The largest absolute Gasteiger partial charge is 0.408 e. The molecule has 0 fully saturated rings. The molecule has 0 aliphatic rings. The smallest absolute Gasteiger partial charge is 0.385 e. The Hall–Kier alpha value is -1.14. The molecule has 0 amide bonds. The zero-order chi connectivity index (χ0) is 11.4. The molecule has 15 heavy (non-hydrogen) atoms. The number of hydrogen-bond acceptors (Lipinski definition) is 4. The highest BCUT2D eigenvalue weighted by Gasteiger charge is 2.21. The van der Waals surface area contributed by atoms with Crippen LogP contribution >= 0.6 is 11.6 Å². The first-order valence-corrected chi connectivity index (χ1v) is 4.82. The molecule has 0 spiro atoms. The van der Waals surface area contributed by atoms with E-state index >= 15 is 0 Å². The Kier molecular flexibility index (Phi) is 4.05. The van der Waals surface area contributed by atoms with Gasteiger partial charge in [0.15, 0.2) is 5.02 Å². The van der Waals surface area contributed by atoms with Gasteiger partial charge >= 0.3 is 5.82 Å². The van der Waals surface area contributed by atoms with Gasteiger partial charge in [-0.2, -0.15) is 4.68 Å². The summed E-state index contributed by atoms with van der Waals surface area (Å²) >= 11 is 5.66. The quantitative estimate of drug-likeness (QED) is 0.576. The first-order valence-electron chi connectivity index (χ1n) is 4.44. The zero-order valence-electron chi connectivity index (χ0n) is 8.51. The van der Waals surface area contributed by atoms with Gasteiger partial charge in [-0.05, 0) is 18.3 Å². The molecule has 0 bridgehead atoms. The Morgan fingerprint density at radius 1 is 1.80 bits per heavy atom. The third-order valence-electron chi connectivity index (χ3n) is 2.03. The van der Waals surface area contributed by atoms with Gasteiger partial charge < -0.3 is 14.9 Å². The van der Waals surface area contributed by atoms with Crippen molar-refractivity contribution in [2.45, 2.75) is 19.4 Å². The van der Waals surface area contributed by atoms with Gasteiger partial charge in [-0.1, -0.05) is 11.6 Å². The van der Waals surface area contributed by atoms with Crippen LogP contribution in [-0.4, -0.2) is 28.4 Å². The molecule has 1 rings (SSSR count). The fraction of sp³-hybridized carbons (Fsp3) is 0.625. The van der Waals surface area contributed by atoms with E-state index in [1.807, 2.05) is 6.92 Å². The summed E-state index contributed by atoms with van der Waals surface area (Å²) in [5, 5.41) is 14.3. The second-order valence-electron chi connectivity index (χ2n) is 3.17. The Balaban J connectivity index is 2.78. The highest BCUT2D eigenvalue weighted by Crippen LogP contribution is 2.24. The van der Waals surface area contributed by atoms with Gasteiger partial charge in [0.05, 0.1) is 17.3 Å². The van der Waals surface area contributed by atoms with Crippen molar-refractivity contribution in [2.75, 3.05) is 13.7 Å². The minimum absolute atomic E-state index is 0.0242. The van der Waals surface area contributed by atoms with Gasteiger partial charge in [-0.15, -0.1) is 0 Å². The van der Waals surface area contributed by atoms with Crippen molar-refractivity contribution < 1.29 is 9.66 Å². The molecule has 0 saturated carbocycles. The lowest BCUT2D eigenvalue weighted by atomic mass is 10.2. The Morgan fingerprint density at radius 2 is 2.47 bits per heavy atom. The molecular weight excluding hydrogens is 222 g/mol. The SMILES string of the molecule is COCCC(C)n1cc(Cl)c([N+](=O)[O-])n1. The minimum Gasteiger partial charge on any atom is -0.385 e. The van der Waals surface area contributed by atoms with Crippen molar-refractivity contribution in [3.8, 4) is 0 Å². The Morgan fingerprint density at radius 3 is 2.93 bits per heavy atom. The summed E-state index contributed by atoms with van der Waals surface area (Å²) in [6.07, 6.45) is 2.19. The maximum atomic E-state index is 10.5. The molecule has 0 saturated heterocycles. The van der Waals surface area contributed by atoms with Crippen LogP contribution in [0.5, 0.6) is 0 Å². The van der Waals surface area contributed by atoms with E-state index in [0.29, 0.717) is 6.61 Å². The number of rotatable bonds is 5. The summed E-state index contributed by atoms with van der Waals surface area (Å²) in [4.78, 5) is 9.90. The number of nitrogens with zero attached hydrogens (tertiary/aromatic N) is 3. The minimum atomic E-state index is -0.595. The average Bonchev–Trinajstić information content (AvgIpc) is 2.56. The summed E-state index contributed by atoms with van der Waals surface area (Å²) in [6.45, 7) is 2.47. The number of methoxy groups -OCH3 is 1. The van der Waals surface area contributed by atoms with Crippen LogP contribution in [0, 0.1) is 10.1 Å². The third-order valence-corrected chi connectivity index (χ3v) is 2.30. The van der Waals surface area contributed by atoms with Crippen LogP contribution in [0.2, 0.25) is 5.02 Å². The first-order chi connectivity index (χ1) is 7.06. The summed E-state index contributed by atoms with van der Waals surface area (Å²) < 4.78 is 6.40. The predicted octanol–water partition coefficient (Wildman–Crippen LogP) is 2.04. The van der Waals surface area contributed by atoms with E-state index in [9.17, 15) is 10.1 Å². The van der Waals surface area contributed by atoms with Crippen LogP contribution < -0.4 is 0 Å². The molecule has 6 nitrogen and oxygen atoms in total. The van der Waals surface area contributed by atoms with Crippen LogP contribution in [0.15, 0.2) is 6.20 Å². The van der Waals surface area contributed by atoms with E-state index in [2.05, 4.69) is 5.10 Å². The normalized spacial score (nSPS) is 12.7. The molecule has 1 aromatic heterocycles. The molecular formula is C8H12ClN3O3. The first kappa shape index (κ1) is 11.9. The van der Waals surface area contributed by atoms with Crippen molar-refractivity contribution in [1.29, 1.82) is 0 Å². The van der Waals surface area contributed by atoms with E-state index in [-0.39, 0.29) is 16.9 Å². The molecule has 1 unspecified atom stereocenters. The molecule has 7 heteroatoms. The molecule has 0 N–H and O–H groups in total. The van der Waals surface area contributed by atoms with Crippen LogP contribution in [0.3, 0.4) is 0 Å². The summed E-state index contributed by atoms with van der Waals surface area (Å²) in [7, 11) is 1.60. The molecule has 1 atom stereocenters. The fourth-order valence-electron chi connectivity index (χ4n) is 1.13. The van der Waals surface area contributed by atoms with Gasteiger partial charge in [0.25, 0.3) is 0 Å². The second-order valence-corrected chi connectivity index (χ2v) is 3.58. The lowest BCUT2D eigenvalue weighted by Gasteiger charge is -2.06. The Bertz CT molecular complexity index is 353. The van der Waals surface area contributed by atoms with E-state index < -0.39 is 4.92 Å². The van der Waals surface area contributed by atoms with Crippen molar-refractivity contribution >= 4 is 17.4 Å². The van der Waals surface area contributed by atoms with Gasteiger partial charge in [-0.25, -0.2) is 0 Å². The Labute approximate surface area is 91.9 Å². The van der Waals surface area contributed by atoms with Gasteiger partial charge in [-0.3, -0.25) is 0 Å². The monoisotopic (exact) mass is 233 g/mol. The molecule has 84 valence electrons.